The van der Waals surface area contributed by atoms with Gasteiger partial charge in [0.2, 0.25) is 0 Å². The van der Waals surface area contributed by atoms with Crippen LogP contribution >= 0.6 is 0 Å². The van der Waals surface area contributed by atoms with Crippen LogP contribution in [0.4, 0.5) is 9.18 Å². The highest BCUT2D eigenvalue weighted by Gasteiger charge is 2.14. The van der Waals surface area contributed by atoms with Gasteiger partial charge >= 0.3 is 6.03 Å². The molecule has 4 heteroatoms. The van der Waals surface area contributed by atoms with E-state index in [1.165, 1.54) is 25.0 Å². The Labute approximate surface area is 127 Å². The lowest BCUT2D eigenvalue weighted by Crippen LogP contribution is -2.43. The number of benzene rings is 1. The maximum Gasteiger partial charge on any atom is 0.317 e. The molecule has 3 nitrogen and oxygen atoms in total. The Morgan fingerprint density at radius 3 is 2.71 bits per heavy atom. The van der Waals surface area contributed by atoms with Crippen molar-refractivity contribution in [3.8, 4) is 0 Å². The first-order chi connectivity index (χ1) is 10.1. The fraction of sp³-hybridized carbons (Fsp3) is 0.588. The third-order valence-corrected chi connectivity index (χ3v) is 3.54. The van der Waals surface area contributed by atoms with Crippen molar-refractivity contribution in [1.29, 1.82) is 0 Å². The van der Waals surface area contributed by atoms with Crippen LogP contribution in [0.2, 0.25) is 0 Å². The molecule has 0 aliphatic heterocycles. The zero-order chi connectivity index (χ0) is 15.7. The van der Waals surface area contributed by atoms with E-state index in [2.05, 4.69) is 12.2 Å². The molecule has 0 heterocycles. The van der Waals surface area contributed by atoms with E-state index in [4.69, 9.17) is 0 Å². The number of nitrogens with one attached hydrogen (secondary N) is 1. The summed E-state index contributed by atoms with van der Waals surface area (Å²) >= 11 is 0. The summed E-state index contributed by atoms with van der Waals surface area (Å²) in [5.41, 5.74) is 0.811. The molecule has 0 radical (unpaired) electrons. The zero-order valence-electron chi connectivity index (χ0n) is 13.4. The highest BCUT2D eigenvalue weighted by Crippen LogP contribution is 2.08. The van der Waals surface area contributed by atoms with Crippen molar-refractivity contribution in [3.63, 3.8) is 0 Å². The van der Waals surface area contributed by atoms with Gasteiger partial charge in [0.05, 0.1) is 0 Å². The Morgan fingerprint density at radius 1 is 1.33 bits per heavy atom. The molecule has 0 aromatic heterocycles. The Hall–Kier alpha value is -1.58. The van der Waals surface area contributed by atoms with Gasteiger partial charge < -0.3 is 10.2 Å². The number of hydrogen-bond acceptors (Lipinski definition) is 1. The number of hydrogen-bond donors (Lipinski definition) is 1. The van der Waals surface area contributed by atoms with Crippen molar-refractivity contribution in [2.75, 3.05) is 6.54 Å². The highest BCUT2D eigenvalue weighted by molar-refractivity contribution is 5.74. The summed E-state index contributed by atoms with van der Waals surface area (Å²) in [4.78, 5) is 13.9. The van der Waals surface area contributed by atoms with Gasteiger partial charge in [0.15, 0.2) is 0 Å². The summed E-state index contributed by atoms with van der Waals surface area (Å²) in [7, 11) is 0. The molecule has 118 valence electrons. The first-order valence-electron chi connectivity index (χ1n) is 7.86. The molecule has 1 rings (SSSR count). The number of nitrogens with zero attached hydrogens (tertiary/aromatic N) is 1. The largest absolute Gasteiger partial charge is 0.336 e. The van der Waals surface area contributed by atoms with Crippen molar-refractivity contribution in [2.45, 2.75) is 59.0 Å². The van der Waals surface area contributed by atoms with Crippen LogP contribution < -0.4 is 5.32 Å². The molecule has 0 fully saturated rings. The molecule has 0 aliphatic rings. The van der Waals surface area contributed by atoms with Crippen LogP contribution in [0.25, 0.3) is 0 Å². The molecule has 0 bridgehead atoms. The lowest BCUT2D eigenvalue weighted by Gasteiger charge is -2.24. The number of rotatable bonds is 8. The van der Waals surface area contributed by atoms with Crippen LogP contribution in [0.15, 0.2) is 24.3 Å². The van der Waals surface area contributed by atoms with Gasteiger partial charge in [-0.1, -0.05) is 38.3 Å². The summed E-state index contributed by atoms with van der Waals surface area (Å²) < 4.78 is 13.2. The van der Waals surface area contributed by atoms with Crippen LogP contribution in [-0.2, 0) is 6.54 Å². The minimum absolute atomic E-state index is 0.0780. The molecule has 1 N–H and O–H groups in total. The topological polar surface area (TPSA) is 32.3 Å². The van der Waals surface area contributed by atoms with Crippen molar-refractivity contribution >= 4 is 6.03 Å². The molecule has 1 aromatic rings. The van der Waals surface area contributed by atoms with E-state index in [0.29, 0.717) is 13.1 Å². The number of amides is 2. The summed E-state index contributed by atoms with van der Waals surface area (Å²) in [6.45, 7) is 7.16. The van der Waals surface area contributed by atoms with Gasteiger partial charge in [-0.15, -0.1) is 0 Å². The standard InChI is InChI=1S/C17H27FN2O/c1-4-6-7-9-14(3)19-17(21)20(5-2)13-15-10-8-11-16(18)12-15/h8,10-12,14H,4-7,9,13H2,1-3H3,(H,19,21). The van der Waals surface area contributed by atoms with E-state index >= 15 is 0 Å². The summed E-state index contributed by atoms with van der Waals surface area (Å²) in [5, 5.41) is 3.02. The molecule has 1 aromatic carbocycles. The smallest absolute Gasteiger partial charge is 0.317 e. The first-order valence-corrected chi connectivity index (χ1v) is 7.86. The van der Waals surface area contributed by atoms with Gasteiger partial charge in [-0.2, -0.15) is 0 Å². The predicted molar refractivity (Wildman–Crippen MR) is 84.6 cm³/mol. The van der Waals surface area contributed by atoms with Gasteiger partial charge in [-0.3, -0.25) is 0 Å². The third kappa shape index (κ3) is 6.61. The molecule has 0 aliphatic carbocycles. The van der Waals surface area contributed by atoms with Crippen LogP contribution in [0.1, 0.15) is 52.0 Å². The average Bonchev–Trinajstić information content (AvgIpc) is 2.45. The minimum atomic E-state index is -0.267. The van der Waals surface area contributed by atoms with E-state index < -0.39 is 0 Å². The van der Waals surface area contributed by atoms with Gasteiger partial charge in [-0.25, -0.2) is 9.18 Å². The lowest BCUT2D eigenvalue weighted by molar-refractivity contribution is 0.194. The molecule has 0 spiro atoms. The quantitative estimate of drug-likeness (QED) is 0.711. The van der Waals surface area contributed by atoms with Gasteiger partial charge in [0, 0.05) is 19.1 Å². The molecule has 1 unspecified atom stereocenters. The predicted octanol–water partition coefficient (Wildman–Crippen LogP) is 4.33. The Morgan fingerprint density at radius 2 is 2.10 bits per heavy atom. The SMILES string of the molecule is CCCCCC(C)NC(=O)N(CC)Cc1cccc(F)c1. The zero-order valence-corrected chi connectivity index (χ0v) is 13.4. The fourth-order valence-electron chi connectivity index (χ4n) is 2.26. The second-order valence-corrected chi connectivity index (χ2v) is 5.49. The number of unbranched alkanes of at least 4 members (excludes halogenated alkanes) is 2. The molecular weight excluding hydrogens is 267 g/mol. The van der Waals surface area contributed by atoms with E-state index in [1.807, 2.05) is 19.9 Å². The van der Waals surface area contributed by atoms with E-state index in [9.17, 15) is 9.18 Å². The Kier molecular flexibility index (Phi) is 7.80. The van der Waals surface area contributed by atoms with Crippen molar-refractivity contribution < 1.29 is 9.18 Å². The Bertz CT molecular complexity index is 437. The van der Waals surface area contributed by atoms with Gasteiger partial charge in [0.25, 0.3) is 0 Å². The van der Waals surface area contributed by atoms with Crippen molar-refractivity contribution in [2.24, 2.45) is 0 Å². The maximum absolute atomic E-state index is 13.2. The van der Waals surface area contributed by atoms with Crippen LogP contribution in [0, 0.1) is 5.82 Å². The molecule has 2 amide bonds. The first kappa shape index (κ1) is 17.5. The normalized spacial score (nSPS) is 12.0. The third-order valence-electron chi connectivity index (χ3n) is 3.54. The van der Waals surface area contributed by atoms with Gasteiger partial charge in [-0.05, 0) is 38.0 Å². The molecule has 1 atom stereocenters. The number of carbonyl (C=O) groups excluding carboxylic acids is 1. The highest BCUT2D eigenvalue weighted by atomic mass is 19.1. The number of carbonyl (C=O) groups is 1. The molecule has 0 saturated carbocycles. The minimum Gasteiger partial charge on any atom is -0.336 e. The summed E-state index contributed by atoms with van der Waals surface area (Å²) in [5.74, 6) is -0.267. The number of urea groups is 1. The lowest BCUT2D eigenvalue weighted by atomic mass is 10.1. The van der Waals surface area contributed by atoms with Gasteiger partial charge in [0.1, 0.15) is 5.82 Å². The second-order valence-electron chi connectivity index (χ2n) is 5.49. The Balaban J connectivity index is 2.49. The second kappa shape index (κ2) is 9.37. The average molecular weight is 294 g/mol. The van der Waals surface area contributed by atoms with Crippen molar-refractivity contribution in [3.05, 3.63) is 35.6 Å². The van der Waals surface area contributed by atoms with Crippen LogP contribution in [0.5, 0.6) is 0 Å². The molecule has 0 saturated heterocycles. The van der Waals surface area contributed by atoms with E-state index in [-0.39, 0.29) is 17.9 Å². The fourth-order valence-corrected chi connectivity index (χ4v) is 2.26. The van der Waals surface area contributed by atoms with Crippen LogP contribution in [-0.4, -0.2) is 23.5 Å². The maximum atomic E-state index is 13.2. The summed E-state index contributed by atoms with van der Waals surface area (Å²) in [6.07, 6.45) is 4.51. The molecular formula is C17H27FN2O. The van der Waals surface area contributed by atoms with Crippen LogP contribution in [0.3, 0.4) is 0 Å². The van der Waals surface area contributed by atoms with E-state index in [1.54, 1.807) is 11.0 Å². The number of halogens is 1. The summed E-state index contributed by atoms with van der Waals surface area (Å²) in [6, 6.07) is 6.49. The van der Waals surface area contributed by atoms with Crippen molar-refractivity contribution in [1.82, 2.24) is 10.2 Å². The molecule has 21 heavy (non-hydrogen) atoms. The van der Waals surface area contributed by atoms with E-state index in [0.717, 1.165) is 18.4 Å². The monoisotopic (exact) mass is 294 g/mol.